The van der Waals surface area contributed by atoms with Gasteiger partial charge in [0.2, 0.25) is 17.8 Å². The number of aromatic nitrogens is 4. The molecule has 2 aromatic heterocycles. The van der Waals surface area contributed by atoms with Crippen LogP contribution in [0.3, 0.4) is 0 Å². The number of imidazole rings is 1. The Balaban J connectivity index is 1.53. The molecule has 2 heterocycles. The minimum atomic E-state index is -0.850. The third-order valence-corrected chi connectivity index (χ3v) is 7.73. The van der Waals surface area contributed by atoms with Crippen LogP contribution >= 0.6 is 11.6 Å². The fraction of sp³-hybridized carbons (Fsp3) is 0.500. The summed E-state index contributed by atoms with van der Waals surface area (Å²) in [5.74, 6) is -1.28. The maximum atomic E-state index is 14.6. The average molecular weight is 520 g/mol. The summed E-state index contributed by atoms with van der Waals surface area (Å²) in [6.45, 7) is 1.87. The molecule has 2 atom stereocenters. The normalized spacial score (nSPS) is 26.3. The number of carbonyl (C=O) groups is 1. The van der Waals surface area contributed by atoms with E-state index in [1.807, 2.05) is 11.5 Å². The summed E-state index contributed by atoms with van der Waals surface area (Å²) < 4.78 is 30.1. The van der Waals surface area contributed by atoms with Crippen LogP contribution < -0.4 is 16.4 Å². The number of halogens is 3. The SMILES string of the molecule is CC1(C(N)=O)CCC(n2c(Nc3c(F)cc(F)cc3Cl)nc3cnc(N[C@@H]4CC[C@@H](O)C4)nc32)CC1. The Morgan fingerprint density at radius 3 is 2.61 bits per heavy atom. The molecule has 0 unspecified atom stereocenters. The fourth-order valence-corrected chi connectivity index (χ4v) is 5.43. The van der Waals surface area contributed by atoms with Gasteiger partial charge in [-0.2, -0.15) is 4.98 Å². The van der Waals surface area contributed by atoms with Crippen LogP contribution in [0.25, 0.3) is 11.2 Å². The lowest BCUT2D eigenvalue weighted by atomic mass is 9.73. The number of nitrogens with one attached hydrogen (secondary N) is 2. The molecule has 5 N–H and O–H groups in total. The van der Waals surface area contributed by atoms with Crippen molar-refractivity contribution in [3.8, 4) is 0 Å². The first-order chi connectivity index (χ1) is 17.1. The Kier molecular flexibility index (Phi) is 6.46. The van der Waals surface area contributed by atoms with E-state index in [1.54, 1.807) is 6.20 Å². The molecule has 192 valence electrons. The molecule has 1 aromatic carbocycles. The van der Waals surface area contributed by atoms with E-state index in [0.717, 1.165) is 25.0 Å². The third-order valence-electron chi connectivity index (χ3n) is 7.43. The van der Waals surface area contributed by atoms with Crippen molar-refractivity contribution < 1.29 is 18.7 Å². The highest BCUT2D eigenvalue weighted by molar-refractivity contribution is 6.33. The molecular formula is C24H28ClF2N7O2. The lowest BCUT2D eigenvalue weighted by Crippen LogP contribution is -2.38. The number of aliphatic hydroxyl groups excluding tert-OH is 1. The Morgan fingerprint density at radius 2 is 1.97 bits per heavy atom. The smallest absolute Gasteiger partial charge is 0.224 e. The number of benzene rings is 1. The van der Waals surface area contributed by atoms with Crippen molar-refractivity contribution in [1.82, 2.24) is 19.5 Å². The summed E-state index contributed by atoms with van der Waals surface area (Å²) in [6, 6.07) is 1.72. The van der Waals surface area contributed by atoms with E-state index < -0.39 is 17.0 Å². The van der Waals surface area contributed by atoms with Gasteiger partial charge < -0.3 is 21.5 Å². The molecule has 0 saturated heterocycles. The van der Waals surface area contributed by atoms with Gasteiger partial charge in [-0.05, 0) is 51.0 Å². The number of amides is 1. The summed E-state index contributed by atoms with van der Waals surface area (Å²) in [5.41, 5.74) is 5.95. The van der Waals surface area contributed by atoms with Crippen LogP contribution in [-0.2, 0) is 4.79 Å². The number of anilines is 3. The zero-order valence-corrected chi connectivity index (χ0v) is 20.5. The average Bonchev–Trinajstić information content (AvgIpc) is 3.39. The first-order valence-electron chi connectivity index (χ1n) is 12.0. The Morgan fingerprint density at radius 1 is 1.22 bits per heavy atom. The van der Waals surface area contributed by atoms with Crippen molar-refractivity contribution in [1.29, 1.82) is 0 Å². The summed E-state index contributed by atoms with van der Waals surface area (Å²) in [7, 11) is 0. The highest BCUT2D eigenvalue weighted by atomic mass is 35.5. The molecule has 36 heavy (non-hydrogen) atoms. The molecule has 2 aliphatic rings. The Labute approximate surface area is 211 Å². The van der Waals surface area contributed by atoms with Crippen molar-refractivity contribution in [2.45, 2.75) is 70.1 Å². The van der Waals surface area contributed by atoms with Gasteiger partial charge in [-0.25, -0.2) is 18.7 Å². The van der Waals surface area contributed by atoms with E-state index >= 15 is 0 Å². The van der Waals surface area contributed by atoms with E-state index in [4.69, 9.17) is 22.3 Å². The van der Waals surface area contributed by atoms with Gasteiger partial charge in [0.05, 0.1) is 23.0 Å². The van der Waals surface area contributed by atoms with Crippen LogP contribution in [0, 0.1) is 17.0 Å². The molecule has 3 aromatic rings. The van der Waals surface area contributed by atoms with Crippen LogP contribution in [0.1, 0.15) is 57.9 Å². The maximum absolute atomic E-state index is 14.6. The molecule has 0 radical (unpaired) electrons. The standard InChI is InChI=1S/C24H28ClF2N7O2/c1-24(21(28)36)6-4-14(5-7-24)34-20-18(11-29-22(33-20)30-13-2-3-15(35)10-13)31-23(34)32-19-16(25)8-12(26)9-17(19)27/h8-9,11,13-15,35H,2-7,10H2,1H3,(H2,28,36)(H,31,32)(H,29,30,33)/t13-,14?,15-,24?/m1/s1. The molecule has 2 aliphatic carbocycles. The summed E-state index contributed by atoms with van der Waals surface area (Å²) in [5, 5.41) is 15.9. The van der Waals surface area contributed by atoms with Gasteiger partial charge in [0.25, 0.3) is 0 Å². The molecule has 9 nitrogen and oxygen atoms in total. The molecule has 1 amide bonds. The minimum Gasteiger partial charge on any atom is -0.393 e. The third kappa shape index (κ3) is 4.69. The first kappa shape index (κ1) is 24.6. The van der Waals surface area contributed by atoms with Crippen molar-refractivity contribution in [2.24, 2.45) is 11.1 Å². The van der Waals surface area contributed by atoms with E-state index in [1.165, 1.54) is 0 Å². The summed E-state index contributed by atoms with van der Waals surface area (Å²) in [4.78, 5) is 25.7. The predicted molar refractivity (Wildman–Crippen MR) is 132 cm³/mol. The number of nitrogens with two attached hydrogens (primary N) is 1. The van der Waals surface area contributed by atoms with Crippen molar-refractivity contribution in [2.75, 3.05) is 10.6 Å². The lowest BCUT2D eigenvalue weighted by Gasteiger charge is -2.35. The number of nitrogens with zero attached hydrogens (tertiary/aromatic N) is 4. The van der Waals surface area contributed by atoms with Gasteiger partial charge in [0.15, 0.2) is 11.5 Å². The fourth-order valence-electron chi connectivity index (χ4n) is 5.18. The van der Waals surface area contributed by atoms with Gasteiger partial charge in [0.1, 0.15) is 11.3 Å². The van der Waals surface area contributed by atoms with Crippen molar-refractivity contribution >= 4 is 46.3 Å². The van der Waals surface area contributed by atoms with Gasteiger partial charge in [-0.15, -0.1) is 0 Å². The van der Waals surface area contributed by atoms with Gasteiger partial charge in [-0.1, -0.05) is 18.5 Å². The highest BCUT2D eigenvalue weighted by Gasteiger charge is 2.38. The van der Waals surface area contributed by atoms with Crippen LogP contribution in [0.5, 0.6) is 0 Å². The molecular weight excluding hydrogens is 492 g/mol. The Bertz CT molecular complexity index is 1290. The molecule has 2 saturated carbocycles. The number of primary amides is 1. The summed E-state index contributed by atoms with van der Waals surface area (Å²) >= 11 is 6.14. The number of fused-ring (bicyclic) bond motifs is 1. The number of aliphatic hydroxyl groups is 1. The number of rotatable bonds is 6. The molecule has 5 rings (SSSR count). The van der Waals surface area contributed by atoms with E-state index in [-0.39, 0.29) is 40.8 Å². The molecule has 0 aliphatic heterocycles. The monoisotopic (exact) mass is 519 g/mol. The van der Waals surface area contributed by atoms with E-state index in [9.17, 15) is 18.7 Å². The largest absolute Gasteiger partial charge is 0.393 e. The minimum absolute atomic E-state index is 0.0597. The zero-order chi connectivity index (χ0) is 25.6. The van der Waals surface area contributed by atoms with Crippen LogP contribution in [-0.4, -0.2) is 42.7 Å². The maximum Gasteiger partial charge on any atom is 0.224 e. The quantitative estimate of drug-likeness (QED) is 0.379. The van der Waals surface area contributed by atoms with Gasteiger partial charge in [-0.3, -0.25) is 9.36 Å². The lowest BCUT2D eigenvalue weighted by molar-refractivity contribution is -0.128. The van der Waals surface area contributed by atoms with Crippen LogP contribution in [0.15, 0.2) is 18.3 Å². The summed E-state index contributed by atoms with van der Waals surface area (Å²) in [6.07, 6.45) is 5.79. The van der Waals surface area contributed by atoms with Crippen LogP contribution in [0.2, 0.25) is 5.02 Å². The molecule has 2 fully saturated rings. The van der Waals surface area contributed by atoms with E-state index in [2.05, 4.69) is 20.6 Å². The zero-order valence-electron chi connectivity index (χ0n) is 19.8. The second-order valence-corrected chi connectivity index (χ2v) is 10.4. The van der Waals surface area contributed by atoms with Crippen molar-refractivity contribution in [3.05, 3.63) is 35.0 Å². The van der Waals surface area contributed by atoms with Gasteiger partial charge in [0, 0.05) is 23.6 Å². The molecule has 0 spiro atoms. The molecule has 0 bridgehead atoms. The topological polar surface area (TPSA) is 131 Å². The number of hydrogen-bond acceptors (Lipinski definition) is 7. The van der Waals surface area contributed by atoms with Gasteiger partial charge >= 0.3 is 0 Å². The number of carbonyl (C=O) groups excluding carboxylic acids is 1. The highest BCUT2D eigenvalue weighted by Crippen LogP contribution is 2.43. The predicted octanol–water partition coefficient (Wildman–Crippen LogP) is 4.43. The second kappa shape index (κ2) is 9.44. The Hall–Kier alpha value is -3.05. The molecule has 12 heteroatoms. The second-order valence-electron chi connectivity index (χ2n) is 10.0. The van der Waals surface area contributed by atoms with E-state index in [0.29, 0.717) is 49.2 Å². The number of hydrogen-bond donors (Lipinski definition) is 4. The van der Waals surface area contributed by atoms with Crippen molar-refractivity contribution in [3.63, 3.8) is 0 Å². The van der Waals surface area contributed by atoms with Crippen LogP contribution in [0.4, 0.5) is 26.4 Å². The first-order valence-corrected chi connectivity index (χ1v) is 12.4.